The van der Waals surface area contributed by atoms with Gasteiger partial charge in [0, 0.05) is 61.1 Å². The molecule has 0 spiro atoms. The molecule has 1 amide bonds. The smallest absolute Gasteiger partial charge is 0.276 e. The minimum absolute atomic E-state index is 0.0143. The second kappa shape index (κ2) is 10.3. The van der Waals surface area contributed by atoms with Crippen molar-refractivity contribution in [3.8, 4) is 0 Å². The number of fused-ring (bicyclic) bond motifs is 1. The third-order valence-corrected chi connectivity index (χ3v) is 6.63. The first-order valence-electron chi connectivity index (χ1n) is 11.1. The lowest BCUT2D eigenvalue weighted by Gasteiger charge is -2.46. The summed E-state index contributed by atoms with van der Waals surface area (Å²) in [6.07, 6.45) is 1.79. The lowest BCUT2D eigenvalue weighted by Crippen LogP contribution is -2.59. The van der Waals surface area contributed by atoms with E-state index >= 15 is 0 Å². The summed E-state index contributed by atoms with van der Waals surface area (Å²) in [6.45, 7) is 5.64. The summed E-state index contributed by atoms with van der Waals surface area (Å²) in [4.78, 5) is 19.7. The first kappa shape index (κ1) is 25.1. The van der Waals surface area contributed by atoms with Gasteiger partial charge in [0.15, 0.2) is 17.3 Å². The molecule has 1 fully saturated rings. The molecule has 2 aliphatic heterocycles. The van der Waals surface area contributed by atoms with Crippen molar-refractivity contribution < 1.29 is 28.5 Å². The van der Waals surface area contributed by atoms with Crippen LogP contribution in [0.4, 0.5) is 8.78 Å². The molecule has 8 nitrogen and oxygen atoms in total. The number of amides is 1. The van der Waals surface area contributed by atoms with Crippen molar-refractivity contribution >= 4 is 22.8 Å². The number of carbonyl (C=O) groups is 1. The fraction of sp³-hybridized carbons (Fsp3) is 0.417. The fourth-order valence-electron chi connectivity index (χ4n) is 3.94. The normalized spacial score (nSPS) is 18.8. The molecule has 35 heavy (non-hydrogen) atoms. The number of methoxy groups -OCH3 is 1. The SMILES string of the molecule is COCCN1CN(CC(C)C)N2C=C(c3ncc(Cc4c#cc(F)cc4F)s3)C(O)C(O)=C2C1=O. The van der Waals surface area contributed by atoms with Crippen molar-refractivity contribution in [3.63, 3.8) is 0 Å². The molecule has 1 unspecified atom stereocenters. The van der Waals surface area contributed by atoms with E-state index in [1.807, 2.05) is 18.9 Å². The van der Waals surface area contributed by atoms with Crippen LogP contribution >= 0.6 is 11.3 Å². The van der Waals surface area contributed by atoms with Crippen LogP contribution < -0.4 is 0 Å². The molecule has 2 aliphatic rings. The van der Waals surface area contributed by atoms with Gasteiger partial charge in [-0.15, -0.1) is 11.3 Å². The second-order valence-corrected chi connectivity index (χ2v) is 9.84. The summed E-state index contributed by atoms with van der Waals surface area (Å²) < 4.78 is 32.3. The molecule has 0 radical (unpaired) electrons. The van der Waals surface area contributed by atoms with Crippen LogP contribution in [0.25, 0.3) is 5.57 Å². The lowest BCUT2D eigenvalue weighted by molar-refractivity contribution is -0.148. The van der Waals surface area contributed by atoms with Crippen molar-refractivity contribution in [2.45, 2.75) is 26.4 Å². The topological polar surface area (TPSA) is 89.4 Å². The second-order valence-electron chi connectivity index (χ2n) is 8.73. The number of aromatic nitrogens is 1. The number of carbonyl (C=O) groups excluding carboxylic acids is 1. The monoisotopic (exact) mass is 504 g/mol. The minimum Gasteiger partial charge on any atom is -0.507 e. The molecule has 1 atom stereocenters. The van der Waals surface area contributed by atoms with Crippen LogP contribution in [0.1, 0.15) is 29.3 Å². The molecule has 186 valence electrons. The van der Waals surface area contributed by atoms with Gasteiger partial charge in [-0.25, -0.2) is 9.37 Å². The summed E-state index contributed by atoms with van der Waals surface area (Å²) in [7, 11) is 1.55. The molecule has 0 bridgehead atoms. The summed E-state index contributed by atoms with van der Waals surface area (Å²) in [6, 6.07) is 5.44. The number of thiazole rings is 1. The number of aliphatic hydroxyl groups is 2. The average molecular weight is 505 g/mol. The molecule has 1 aromatic heterocycles. The maximum atomic E-state index is 14.0. The van der Waals surface area contributed by atoms with Crippen molar-refractivity contribution in [3.05, 3.63) is 69.1 Å². The van der Waals surface area contributed by atoms with E-state index in [1.165, 1.54) is 17.5 Å². The van der Waals surface area contributed by atoms with E-state index in [4.69, 9.17) is 4.74 Å². The molecule has 1 saturated heterocycles. The zero-order valence-electron chi connectivity index (χ0n) is 19.6. The molecule has 11 heteroatoms. The first-order valence-corrected chi connectivity index (χ1v) is 11.9. The van der Waals surface area contributed by atoms with Gasteiger partial charge in [-0.05, 0) is 12.0 Å². The zero-order chi connectivity index (χ0) is 25.3. The fourth-order valence-corrected chi connectivity index (χ4v) is 4.90. The number of rotatable bonds is 8. The number of hydrazine groups is 1. The Kier molecular flexibility index (Phi) is 7.37. The van der Waals surface area contributed by atoms with Crippen LogP contribution in [-0.2, 0) is 16.0 Å². The summed E-state index contributed by atoms with van der Waals surface area (Å²) in [5.74, 6) is -2.18. The largest absolute Gasteiger partial charge is 0.507 e. The van der Waals surface area contributed by atoms with E-state index in [-0.39, 0.29) is 30.3 Å². The number of nitrogens with zero attached hydrogens (tertiary/aromatic N) is 4. The predicted molar refractivity (Wildman–Crippen MR) is 124 cm³/mol. The highest BCUT2D eigenvalue weighted by molar-refractivity contribution is 7.12. The molecule has 3 heterocycles. The van der Waals surface area contributed by atoms with Crippen LogP contribution in [0.3, 0.4) is 0 Å². The number of aliphatic hydroxyl groups excluding tert-OH is 2. The van der Waals surface area contributed by atoms with Gasteiger partial charge in [-0.3, -0.25) is 9.80 Å². The van der Waals surface area contributed by atoms with E-state index < -0.39 is 29.4 Å². The Morgan fingerprint density at radius 2 is 2.11 bits per heavy atom. The highest BCUT2D eigenvalue weighted by Crippen LogP contribution is 2.36. The van der Waals surface area contributed by atoms with Crippen molar-refractivity contribution in [1.82, 2.24) is 19.9 Å². The van der Waals surface area contributed by atoms with Gasteiger partial charge in [-0.2, -0.15) is 9.40 Å². The van der Waals surface area contributed by atoms with Crippen LogP contribution in [0.15, 0.2) is 29.9 Å². The van der Waals surface area contributed by atoms with Crippen molar-refractivity contribution in [1.29, 1.82) is 0 Å². The van der Waals surface area contributed by atoms with Gasteiger partial charge in [0.25, 0.3) is 5.91 Å². The van der Waals surface area contributed by atoms with Crippen LogP contribution in [0.2, 0.25) is 0 Å². The summed E-state index contributed by atoms with van der Waals surface area (Å²) in [5, 5.41) is 25.7. The number of hydrogen-bond donors (Lipinski definition) is 2. The summed E-state index contributed by atoms with van der Waals surface area (Å²) in [5.41, 5.74) is 0.440. The molecule has 2 aromatic rings. The Morgan fingerprint density at radius 1 is 1.34 bits per heavy atom. The number of ether oxygens (including phenoxy) is 1. The van der Waals surface area contributed by atoms with Gasteiger partial charge >= 0.3 is 0 Å². The molecule has 0 aliphatic carbocycles. The number of hydrogen-bond acceptors (Lipinski definition) is 8. The van der Waals surface area contributed by atoms with E-state index in [0.29, 0.717) is 35.2 Å². The van der Waals surface area contributed by atoms with Crippen LogP contribution in [0, 0.1) is 29.7 Å². The Morgan fingerprint density at radius 3 is 2.80 bits per heavy atom. The minimum atomic E-state index is -1.46. The maximum Gasteiger partial charge on any atom is 0.276 e. The first-order chi connectivity index (χ1) is 16.7. The van der Waals surface area contributed by atoms with E-state index in [1.54, 1.807) is 23.2 Å². The van der Waals surface area contributed by atoms with E-state index in [0.717, 1.165) is 6.07 Å². The Hall–Kier alpha value is -3.04. The zero-order valence-corrected chi connectivity index (χ0v) is 20.4. The third kappa shape index (κ3) is 5.16. The molecular formula is C24H26F2N4O4S. The molecular weight excluding hydrogens is 478 g/mol. The third-order valence-electron chi connectivity index (χ3n) is 5.58. The van der Waals surface area contributed by atoms with Gasteiger partial charge in [-0.1, -0.05) is 19.9 Å². The molecule has 0 saturated carbocycles. The molecule has 2 N–H and O–H groups in total. The maximum absolute atomic E-state index is 14.0. The lowest BCUT2D eigenvalue weighted by atomic mass is 10.0. The highest BCUT2D eigenvalue weighted by Gasteiger charge is 2.42. The highest BCUT2D eigenvalue weighted by atomic mass is 32.1. The predicted octanol–water partition coefficient (Wildman–Crippen LogP) is 2.72. The molecule has 4 rings (SSSR count). The van der Waals surface area contributed by atoms with Crippen molar-refractivity contribution in [2.75, 3.05) is 33.5 Å². The number of halogens is 2. The van der Waals surface area contributed by atoms with E-state index in [2.05, 4.69) is 17.1 Å². The standard InChI is InChI=1S/C24H26F2N4O4S/c1-14(2)11-29-13-28(6-7-34-3)24(33)20-22(32)21(31)18(12-30(20)29)23-27-10-17(35-23)8-15-4-5-16(25)9-19(15)26/h9-10,12,14,21,31-32H,6-8,11,13H2,1-3H3. The van der Waals surface area contributed by atoms with Crippen molar-refractivity contribution in [2.24, 2.45) is 5.92 Å². The van der Waals surface area contributed by atoms with Gasteiger partial charge in [0.2, 0.25) is 0 Å². The van der Waals surface area contributed by atoms with Crippen LogP contribution in [0.5, 0.6) is 0 Å². The Bertz CT molecular complexity index is 1170. The van der Waals surface area contributed by atoms with E-state index in [9.17, 15) is 23.8 Å². The quantitative estimate of drug-likeness (QED) is 0.572. The summed E-state index contributed by atoms with van der Waals surface area (Å²) >= 11 is 1.20. The van der Waals surface area contributed by atoms with Gasteiger partial charge in [0.05, 0.1) is 13.3 Å². The average Bonchev–Trinajstić information content (AvgIpc) is 3.26. The van der Waals surface area contributed by atoms with Gasteiger partial charge in [0.1, 0.15) is 16.9 Å². The molecule has 1 aromatic carbocycles. The Labute approximate surface area is 206 Å². The van der Waals surface area contributed by atoms with Crippen LogP contribution in [-0.4, -0.2) is 75.6 Å². The Balaban J connectivity index is 1.64. The van der Waals surface area contributed by atoms with Gasteiger partial charge < -0.3 is 19.8 Å².